The topological polar surface area (TPSA) is 32.6 Å². The molecule has 0 saturated heterocycles. The lowest BCUT2D eigenvalue weighted by Crippen LogP contribution is -2.42. The third-order valence-electron chi connectivity index (χ3n) is 10.9. The van der Waals surface area contributed by atoms with Crippen molar-refractivity contribution in [3.63, 3.8) is 0 Å². The highest BCUT2D eigenvalue weighted by Gasteiger charge is 2.43. The minimum Gasteiger partial charge on any atom is -0.454 e. The predicted octanol–water partition coefficient (Wildman–Crippen LogP) is 8.41. The largest absolute Gasteiger partial charge is 0.454 e. The van der Waals surface area contributed by atoms with Crippen LogP contribution in [0.1, 0.15) is 35.2 Å². The van der Waals surface area contributed by atoms with Crippen LogP contribution in [0.5, 0.6) is 0 Å². The van der Waals surface area contributed by atoms with Crippen LogP contribution in [0.15, 0.2) is 139 Å². The highest BCUT2D eigenvalue weighted by atomic mass is 16.3. The number of fused-ring (bicyclic) bond motifs is 13. The number of aryl methyl sites for hydroxylation is 1. The summed E-state index contributed by atoms with van der Waals surface area (Å²) in [5.41, 5.74) is 9.49. The van der Waals surface area contributed by atoms with Crippen LogP contribution in [0.4, 0.5) is 17.1 Å². The number of likely N-dealkylation sites (N-methyl/N-ethyl adjacent to an activating group) is 1. The molecule has 0 amide bonds. The van der Waals surface area contributed by atoms with Crippen LogP contribution in [-0.4, -0.2) is 47.2 Å². The summed E-state index contributed by atoms with van der Waals surface area (Å²) < 4.78 is 6.55. The van der Waals surface area contributed by atoms with Crippen LogP contribution in [0.2, 0.25) is 0 Å². The molecule has 0 N–H and O–H groups in total. The van der Waals surface area contributed by atoms with Crippen LogP contribution < -0.4 is 14.7 Å². The molecule has 1 aromatic heterocycles. The second-order valence-corrected chi connectivity index (χ2v) is 13.5. The van der Waals surface area contributed by atoms with Gasteiger partial charge in [0.2, 0.25) is 0 Å². The minimum atomic E-state index is 0.0751. The Bertz CT molecular complexity index is 2200. The minimum absolute atomic E-state index is 0.0751. The molecule has 2 bridgehead atoms. The fourth-order valence-electron chi connectivity index (χ4n) is 8.66. The summed E-state index contributed by atoms with van der Waals surface area (Å²) >= 11 is 0. The van der Waals surface area contributed by atoms with Crippen molar-refractivity contribution in [2.45, 2.75) is 37.8 Å². The first-order valence-corrected chi connectivity index (χ1v) is 17.1. The number of para-hydroxylation sites is 3. The third kappa shape index (κ3) is 3.93. The van der Waals surface area contributed by atoms with Crippen molar-refractivity contribution in [3.05, 3.63) is 151 Å². The van der Waals surface area contributed by atoms with Crippen molar-refractivity contribution < 1.29 is 4.42 Å². The molecule has 7 nitrogen and oxygen atoms in total. The van der Waals surface area contributed by atoms with Crippen LogP contribution in [0.3, 0.4) is 0 Å². The Morgan fingerprint density at radius 1 is 0.646 bits per heavy atom. The second-order valence-electron chi connectivity index (χ2n) is 13.5. The van der Waals surface area contributed by atoms with E-state index in [1.54, 1.807) is 0 Å². The van der Waals surface area contributed by atoms with Crippen molar-refractivity contribution in [1.82, 2.24) is 14.7 Å². The number of nitrogens with zero attached hydrogens (tertiary/aromatic N) is 6. The van der Waals surface area contributed by atoms with Crippen molar-refractivity contribution >= 4 is 39.0 Å². The Labute approximate surface area is 281 Å². The molecule has 4 unspecified atom stereocenters. The molecule has 0 fully saturated rings. The molecule has 6 heterocycles. The number of rotatable bonds is 3. The molecule has 5 aliphatic rings. The maximum absolute atomic E-state index is 6.55. The smallest absolute Gasteiger partial charge is 0.159 e. The van der Waals surface area contributed by atoms with Gasteiger partial charge in [-0.2, -0.15) is 0 Å². The van der Waals surface area contributed by atoms with E-state index >= 15 is 0 Å². The van der Waals surface area contributed by atoms with E-state index in [0.29, 0.717) is 0 Å². The van der Waals surface area contributed by atoms with Gasteiger partial charge in [0.25, 0.3) is 0 Å². The van der Waals surface area contributed by atoms with Gasteiger partial charge in [0, 0.05) is 91.0 Å². The fourth-order valence-corrected chi connectivity index (χ4v) is 8.66. The normalized spacial score (nSPS) is 24.0. The first-order chi connectivity index (χ1) is 23.7. The van der Waals surface area contributed by atoms with Crippen molar-refractivity contribution in [2.75, 3.05) is 34.8 Å². The number of anilines is 3. The van der Waals surface area contributed by atoms with Gasteiger partial charge in [-0.3, -0.25) is 0 Å². The molecular formula is C41H38N6O. The Kier molecular flexibility index (Phi) is 6.01. The fraction of sp³-hybridized carbons (Fsp3) is 0.220. The Morgan fingerprint density at radius 2 is 1.40 bits per heavy atom. The standard InChI is InChI=1S/C41H38N6O/c1-28-10-3-6-13-34(28)46-27-24-44-21-9-20-43-23-26-45(35-14-7-4-12-33(35)41(44)46)37(43)19-18-32-30-16-17-31-29-11-5-8-15-36(29)48-39(31)38(30)47-25-22-42(2)40(32)47/h3-8,10-19,22-27,32,37,40-41H,9,20-21H2,1-2H3/b19-18+. The quantitative estimate of drug-likeness (QED) is 0.185. The van der Waals surface area contributed by atoms with Gasteiger partial charge >= 0.3 is 0 Å². The Hall–Kier alpha value is -5.56. The molecule has 5 aromatic rings. The summed E-state index contributed by atoms with van der Waals surface area (Å²) in [6.45, 7) is 4.16. The predicted molar refractivity (Wildman–Crippen MR) is 194 cm³/mol. The van der Waals surface area contributed by atoms with Gasteiger partial charge < -0.3 is 33.8 Å². The molecule has 0 aliphatic carbocycles. The number of hydrogen-bond acceptors (Lipinski definition) is 7. The lowest BCUT2D eigenvalue weighted by Gasteiger charge is -2.39. The maximum atomic E-state index is 6.55. The Balaban J connectivity index is 1.05. The van der Waals surface area contributed by atoms with Crippen molar-refractivity contribution in [2.24, 2.45) is 0 Å². The number of hydrogen-bond donors (Lipinski definition) is 0. The second kappa shape index (κ2) is 10.5. The van der Waals surface area contributed by atoms with E-state index in [2.05, 4.69) is 172 Å². The van der Waals surface area contributed by atoms with Crippen LogP contribution in [-0.2, 0) is 0 Å². The van der Waals surface area contributed by atoms with Gasteiger partial charge in [-0.1, -0.05) is 72.8 Å². The summed E-state index contributed by atoms with van der Waals surface area (Å²) in [4.78, 5) is 14.7. The molecule has 5 aliphatic heterocycles. The van der Waals surface area contributed by atoms with Gasteiger partial charge in [0.1, 0.15) is 24.1 Å². The van der Waals surface area contributed by atoms with E-state index in [1.165, 1.54) is 44.5 Å². The van der Waals surface area contributed by atoms with Crippen molar-refractivity contribution in [1.29, 1.82) is 0 Å². The molecule has 4 atom stereocenters. The van der Waals surface area contributed by atoms with Gasteiger partial charge in [0.05, 0.1) is 5.69 Å². The summed E-state index contributed by atoms with van der Waals surface area (Å²) in [7, 11) is 2.18. The van der Waals surface area contributed by atoms with E-state index in [1.807, 2.05) is 6.07 Å². The molecule has 4 aromatic carbocycles. The SMILES string of the molecule is Cc1ccccc1N1C=CN2CCCN3C=CN(c4ccccc4C21)C3/C=C/C1c2ccc3c(oc4ccccc43)c2N2C=CN(C)C12. The van der Waals surface area contributed by atoms with E-state index in [-0.39, 0.29) is 24.4 Å². The first kappa shape index (κ1) is 27.5. The maximum Gasteiger partial charge on any atom is 0.159 e. The van der Waals surface area contributed by atoms with Crippen LogP contribution in [0.25, 0.3) is 21.9 Å². The zero-order valence-corrected chi connectivity index (χ0v) is 27.2. The monoisotopic (exact) mass is 630 g/mol. The molecule has 0 spiro atoms. The van der Waals surface area contributed by atoms with E-state index in [0.717, 1.165) is 30.7 Å². The molecule has 0 radical (unpaired) electrons. The first-order valence-electron chi connectivity index (χ1n) is 17.1. The lowest BCUT2D eigenvalue weighted by molar-refractivity contribution is 0.262. The van der Waals surface area contributed by atoms with E-state index < -0.39 is 0 Å². The molecule has 0 saturated carbocycles. The van der Waals surface area contributed by atoms with Crippen LogP contribution in [0, 0.1) is 6.92 Å². The molecule has 7 heteroatoms. The molecule has 238 valence electrons. The zero-order valence-electron chi connectivity index (χ0n) is 27.2. The average Bonchev–Trinajstić information content (AvgIpc) is 3.93. The van der Waals surface area contributed by atoms with Crippen LogP contribution >= 0.6 is 0 Å². The highest BCUT2D eigenvalue weighted by molar-refractivity contribution is 6.10. The Morgan fingerprint density at radius 3 is 2.31 bits per heavy atom. The van der Waals surface area contributed by atoms with Crippen molar-refractivity contribution in [3.8, 4) is 0 Å². The van der Waals surface area contributed by atoms with Gasteiger partial charge in [-0.15, -0.1) is 0 Å². The van der Waals surface area contributed by atoms with Gasteiger partial charge in [-0.05, 0) is 48.7 Å². The number of furan rings is 1. The van der Waals surface area contributed by atoms with E-state index in [9.17, 15) is 0 Å². The summed E-state index contributed by atoms with van der Waals surface area (Å²) in [6.07, 6.45) is 19.8. The summed E-state index contributed by atoms with van der Waals surface area (Å²) in [5.74, 6) is 0.177. The highest BCUT2D eigenvalue weighted by Crippen LogP contribution is 2.51. The summed E-state index contributed by atoms with van der Waals surface area (Å²) in [5, 5.41) is 2.34. The number of benzene rings is 4. The molecular weight excluding hydrogens is 592 g/mol. The average molecular weight is 631 g/mol. The molecule has 10 rings (SSSR count). The van der Waals surface area contributed by atoms with E-state index in [4.69, 9.17) is 4.42 Å². The summed E-state index contributed by atoms with van der Waals surface area (Å²) in [6, 6.07) is 30.6. The lowest BCUT2D eigenvalue weighted by atomic mass is 9.96. The molecule has 48 heavy (non-hydrogen) atoms. The zero-order chi connectivity index (χ0) is 31.9. The third-order valence-corrected chi connectivity index (χ3v) is 10.9. The van der Waals surface area contributed by atoms with Gasteiger partial charge in [0.15, 0.2) is 5.58 Å². The van der Waals surface area contributed by atoms with Gasteiger partial charge in [-0.25, -0.2) is 0 Å².